The van der Waals surface area contributed by atoms with E-state index in [1.807, 2.05) is 31.2 Å². The van der Waals surface area contributed by atoms with Crippen LogP contribution in [0.25, 0.3) is 11.5 Å². The normalized spacial score (nSPS) is 16.8. The number of oxazole rings is 1. The molecule has 2 aromatic carbocycles. The molecule has 1 aliphatic heterocycles. The van der Waals surface area contributed by atoms with Gasteiger partial charge in [0.1, 0.15) is 11.5 Å². The van der Waals surface area contributed by atoms with Gasteiger partial charge in [0, 0.05) is 29.4 Å². The van der Waals surface area contributed by atoms with E-state index in [0.717, 1.165) is 49.4 Å². The summed E-state index contributed by atoms with van der Waals surface area (Å²) in [7, 11) is 0. The van der Waals surface area contributed by atoms with E-state index < -0.39 is 0 Å². The summed E-state index contributed by atoms with van der Waals surface area (Å²) in [6.45, 7) is 3.73. The number of amides is 1. The van der Waals surface area contributed by atoms with Gasteiger partial charge < -0.3 is 14.6 Å². The Balaban J connectivity index is 1.24. The number of aryl methyl sites for hydroxylation is 1. The Labute approximate surface area is 196 Å². The summed E-state index contributed by atoms with van der Waals surface area (Å²) >= 11 is 0. The Bertz CT molecular complexity index is 1090. The number of nitrogens with one attached hydrogen (secondary N) is 1. The first kappa shape index (κ1) is 21.7. The predicted molar refractivity (Wildman–Crippen MR) is 131 cm³/mol. The number of aromatic nitrogens is 1. The first-order chi connectivity index (χ1) is 16.2. The van der Waals surface area contributed by atoms with E-state index in [9.17, 15) is 4.79 Å². The quantitative estimate of drug-likeness (QED) is 0.521. The van der Waals surface area contributed by atoms with Gasteiger partial charge in [-0.15, -0.1) is 0 Å². The molecule has 1 saturated carbocycles. The lowest BCUT2D eigenvalue weighted by Gasteiger charge is -2.21. The SMILES string of the molecule is Cc1oc(-c2ccc(C(=O)NC3CCCCCCC3)cc2)nc1CN1CCc2ccccc21. The number of anilines is 1. The van der Waals surface area contributed by atoms with E-state index in [2.05, 4.69) is 34.5 Å². The lowest BCUT2D eigenvalue weighted by molar-refractivity contribution is 0.0930. The molecule has 2 heterocycles. The summed E-state index contributed by atoms with van der Waals surface area (Å²) in [4.78, 5) is 19.9. The molecule has 33 heavy (non-hydrogen) atoms. The number of rotatable bonds is 5. The lowest BCUT2D eigenvalue weighted by Crippen LogP contribution is -2.35. The molecule has 0 bridgehead atoms. The zero-order valence-electron chi connectivity index (χ0n) is 19.5. The van der Waals surface area contributed by atoms with E-state index in [1.165, 1.54) is 43.4 Å². The standard InChI is InChI=1S/C28H33N3O2/c1-20-25(19-31-18-17-21-9-7-8-12-26(21)31)30-28(33-20)23-15-13-22(14-16-23)27(32)29-24-10-5-3-2-4-6-11-24/h7-9,12-16,24H,2-6,10-11,17-19H2,1H3,(H,29,32). The molecule has 0 radical (unpaired) electrons. The Morgan fingerprint density at radius 1 is 1.03 bits per heavy atom. The van der Waals surface area contributed by atoms with Gasteiger partial charge in [0.25, 0.3) is 5.91 Å². The molecule has 172 valence electrons. The van der Waals surface area contributed by atoms with Gasteiger partial charge in [-0.3, -0.25) is 4.79 Å². The highest BCUT2D eigenvalue weighted by molar-refractivity contribution is 5.94. The Kier molecular flexibility index (Phi) is 6.47. The van der Waals surface area contributed by atoms with Gasteiger partial charge in [-0.1, -0.05) is 50.3 Å². The molecule has 5 nitrogen and oxygen atoms in total. The molecule has 1 N–H and O–H groups in total. The second-order valence-electron chi connectivity index (χ2n) is 9.42. The van der Waals surface area contributed by atoms with Crippen LogP contribution in [0, 0.1) is 6.92 Å². The predicted octanol–water partition coefficient (Wildman–Crippen LogP) is 6.06. The van der Waals surface area contributed by atoms with Crippen molar-refractivity contribution < 1.29 is 9.21 Å². The van der Waals surface area contributed by atoms with E-state index in [4.69, 9.17) is 9.40 Å². The number of carbonyl (C=O) groups excluding carboxylic acids is 1. The van der Waals surface area contributed by atoms with Gasteiger partial charge in [0.05, 0.1) is 6.54 Å². The van der Waals surface area contributed by atoms with Crippen molar-refractivity contribution in [1.82, 2.24) is 10.3 Å². The lowest BCUT2D eigenvalue weighted by atomic mass is 9.96. The summed E-state index contributed by atoms with van der Waals surface area (Å²) in [5, 5.41) is 3.24. The minimum atomic E-state index is 0.0177. The summed E-state index contributed by atoms with van der Waals surface area (Å²) in [6.07, 6.45) is 9.55. The zero-order chi connectivity index (χ0) is 22.6. The molecular formula is C28H33N3O2. The first-order valence-electron chi connectivity index (χ1n) is 12.4. The minimum absolute atomic E-state index is 0.0177. The molecule has 3 aromatic rings. The number of benzene rings is 2. The van der Waals surface area contributed by atoms with Crippen LogP contribution in [0.2, 0.25) is 0 Å². The highest BCUT2D eigenvalue weighted by atomic mass is 16.4. The van der Waals surface area contributed by atoms with Gasteiger partial charge in [-0.2, -0.15) is 0 Å². The fourth-order valence-electron chi connectivity index (χ4n) is 5.08. The molecule has 5 heteroatoms. The number of fused-ring (bicyclic) bond motifs is 1. The third-order valence-corrected chi connectivity index (χ3v) is 7.05. The van der Waals surface area contributed by atoms with Crippen LogP contribution in [0.1, 0.15) is 72.3 Å². The fraction of sp³-hybridized carbons (Fsp3) is 0.429. The monoisotopic (exact) mass is 443 g/mol. The maximum atomic E-state index is 12.8. The molecule has 0 spiro atoms. The average Bonchev–Trinajstić information content (AvgIpc) is 3.39. The second-order valence-corrected chi connectivity index (χ2v) is 9.42. The molecule has 0 saturated heterocycles. The molecule has 0 unspecified atom stereocenters. The summed E-state index contributed by atoms with van der Waals surface area (Å²) in [6, 6.07) is 16.5. The number of nitrogens with zero attached hydrogens (tertiary/aromatic N) is 2. The van der Waals surface area contributed by atoms with Crippen LogP contribution in [0.4, 0.5) is 5.69 Å². The number of hydrogen-bond donors (Lipinski definition) is 1. The van der Waals surface area contributed by atoms with Crippen molar-refractivity contribution in [3.63, 3.8) is 0 Å². The van der Waals surface area contributed by atoms with Crippen molar-refractivity contribution in [3.8, 4) is 11.5 Å². The molecule has 1 aromatic heterocycles. The van der Waals surface area contributed by atoms with E-state index in [1.54, 1.807) is 0 Å². The molecule has 1 aliphatic carbocycles. The molecular weight excluding hydrogens is 410 g/mol. The van der Waals surface area contributed by atoms with Crippen LogP contribution >= 0.6 is 0 Å². The highest BCUT2D eigenvalue weighted by Gasteiger charge is 2.22. The Morgan fingerprint density at radius 3 is 2.55 bits per heavy atom. The topological polar surface area (TPSA) is 58.4 Å². The van der Waals surface area contributed by atoms with Crippen LogP contribution in [-0.4, -0.2) is 23.5 Å². The maximum Gasteiger partial charge on any atom is 0.251 e. The van der Waals surface area contributed by atoms with Crippen molar-refractivity contribution in [2.75, 3.05) is 11.4 Å². The highest BCUT2D eigenvalue weighted by Crippen LogP contribution is 2.30. The summed E-state index contributed by atoms with van der Waals surface area (Å²) in [5.41, 5.74) is 5.24. The van der Waals surface area contributed by atoms with Crippen LogP contribution in [0.5, 0.6) is 0 Å². The van der Waals surface area contributed by atoms with Crippen molar-refractivity contribution in [2.45, 2.75) is 70.9 Å². The second kappa shape index (κ2) is 9.82. The van der Waals surface area contributed by atoms with Crippen LogP contribution in [0.3, 0.4) is 0 Å². The Morgan fingerprint density at radius 2 is 1.76 bits per heavy atom. The molecule has 2 aliphatic rings. The van der Waals surface area contributed by atoms with Crippen LogP contribution < -0.4 is 10.2 Å². The van der Waals surface area contributed by atoms with Crippen molar-refractivity contribution in [1.29, 1.82) is 0 Å². The van der Waals surface area contributed by atoms with Gasteiger partial charge in [0.15, 0.2) is 0 Å². The maximum absolute atomic E-state index is 12.8. The summed E-state index contributed by atoms with van der Waals surface area (Å²) in [5.74, 6) is 1.48. The van der Waals surface area contributed by atoms with Gasteiger partial charge in [-0.25, -0.2) is 4.98 Å². The largest absolute Gasteiger partial charge is 0.441 e. The molecule has 0 atom stereocenters. The molecule has 5 rings (SSSR count). The van der Waals surface area contributed by atoms with Crippen LogP contribution in [-0.2, 0) is 13.0 Å². The summed E-state index contributed by atoms with van der Waals surface area (Å²) < 4.78 is 6.01. The van der Waals surface area contributed by atoms with Crippen molar-refractivity contribution in [2.24, 2.45) is 0 Å². The van der Waals surface area contributed by atoms with Crippen LogP contribution in [0.15, 0.2) is 52.9 Å². The van der Waals surface area contributed by atoms with E-state index in [-0.39, 0.29) is 5.91 Å². The van der Waals surface area contributed by atoms with Gasteiger partial charge in [-0.05, 0) is 62.1 Å². The van der Waals surface area contributed by atoms with E-state index in [0.29, 0.717) is 17.5 Å². The molecule has 1 fully saturated rings. The number of para-hydroxylation sites is 1. The van der Waals surface area contributed by atoms with Crippen molar-refractivity contribution in [3.05, 3.63) is 71.1 Å². The van der Waals surface area contributed by atoms with Gasteiger partial charge >= 0.3 is 0 Å². The average molecular weight is 444 g/mol. The minimum Gasteiger partial charge on any atom is -0.441 e. The van der Waals surface area contributed by atoms with Crippen molar-refractivity contribution >= 4 is 11.6 Å². The third-order valence-electron chi connectivity index (χ3n) is 7.05. The fourth-order valence-corrected chi connectivity index (χ4v) is 5.08. The third kappa shape index (κ3) is 4.97. The first-order valence-corrected chi connectivity index (χ1v) is 12.4. The van der Waals surface area contributed by atoms with E-state index >= 15 is 0 Å². The zero-order valence-corrected chi connectivity index (χ0v) is 19.5. The number of hydrogen-bond acceptors (Lipinski definition) is 4. The smallest absolute Gasteiger partial charge is 0.251 e. The Hall–Kier alpha value is -3.08. The number of carbonyl (C=O) groups is 1. The molecule has 1 amide bonds. The van der Waals surface area contributed by atoms with Gasteiger partial charge in [0.2, 0.25) is 5.89 Å².